The van der Waals surface area contributed by atoms with E-state index in [9.17, 15) is 5.11 Å². The van der Waals surface area contributed by atoms with Crippen LogP contribution in [0.15, 0.2) is 39.3 Å². The first-order valence-electron chi connectivity index (χ1n) is 6.22. The summed E-state index contributed by atoms with van der Waals surface area (Å²) >= 11 is 6.94. The molecule has 106 valence electrons. The van der Waals surface area contributed by atoms with Crippen LogP contribution in [0.3, 0.4) is 0 Å². The first-order chi connectivity index (χ1) is 9.43. The molecule has 2 rings (SSSR count). The van der Waals surface area contributed by atoms with Crippen LogP contribution in [0.25, 0.3) is 0 Å². The molecule has 1 atom stereocenters. The molecule has 0 aromatic heterocycles. The molecule has 1 N–H and O–H groups in total. The second-order valence-corrected chi connectivity index (χ2v) is 6.52. The summed E-state index contributed by atoms with van der Waals surface area (Å²) in [6.07, 6.45) is -0.675. The lowest BCUT2D eigenvalue weighted by Gasteiger charge is -2.18. The van der Waals surface area contributed by atoms with Gasteiger partial charge in [-0.1, -0.05) is 31.9 Å². The van der Waals surface area contributed by atoms with Crippen molar-refractivity contribution >= 4 is 31.9 Å². The third-order valence-electron chi connectivity index (χ3n) is 3.33. The zero-order chi connectivity index (χ0) is 14.9. The van der Waals surface area contributed by atoms with Crippen molar-refractivity contribution in [2.75, 3.05) is 7.11 Å². The van der Waals surface area contributed by atoms with Gasteiger partial charge in [-0.3, -0.25) is 0 Å². The quantitative estimate of drug-likeness (QED) is 0.793. The minimum absolute atomic E-state index is 0.675. The lowest BCUT2D eigenvalue weighted by atomic mass is 9.95. The number of aryl methyl sites for hydroxylation is 2. The van der Waals surface area contributed by atoms with E-state index >= 15 is 0 Å². The summed E-state index contributed by atoms with van der Waals surface area (Å²) in [5.74, 6) is 0.840. The van der Waals surface area contributed by atoms with Gasteiger partial charge < -0.3 is 9.84 Å². The maximum atomic E-state index is 10.7. The van der Waals surface area contributed by atoms with Crippen molar-refractivity contribution in [3.63, 3.8) is 0 Å². The molecule has 0 spiro atoms. The van der Waals surface area contributed by atoms with Crippen LogP contribution in [0.2, 0.25) is 0 Å². The van der Waals surface area contributed by atoms with Gasteiger partial charge in [0.25, 0.3) is 0 Å². The van der Waals surface area contributed by atoms with Gasteiger partial charge in [-0.2, -0.15) is 0 Å². The van der Waals surface area contributed by atoms with Crippen molar-refractivity contribution in [1.29, 1.82) is 0 Å². The number of rotatable bonds is 3. The fourth-order valence-electron chi connectivity index (χ4n) is 2.22. The molecule has 2 nitrogen and oxygen atoms in total. The number of halogens is 2. The second-order valence-electron chi connectivity index (χ2n) is 4.75. The largest absolute Gasteiger partial charge is 0.496 e. The maximum absolute atomic E-state index is 10.7. The fraction of sp³-hybridized carbons (Fsp3) is 0.250. The summed E-state index contributed by atoms with van der Waals surface area (Å²) in [5, 5.41) is 10.7. The van der Waals surface area contributed by atoms with Crippen LogP contribution < -0.4 is 4.74 Å². The number of ether oxygens (including phenoxy) is 1. The van der Waals surface area contributed by atoms with Crippen LogP contribution in [0, 0.1) is 13.8 Å². The molecule has 0 radical (unpaired) electrons. The second kappa shape index (κ2) is 6.29. The number of aliphatic hydroxyl groups is 1. The Balaban J connectivity index is 2.50. The zero-order valence-corrected chi connectivity index (χ0v) is 14.7. The molecule has 0 fully saturated rings. The van der Waals surface area contributed by atoms with Gasteiger partial charge in [0.15, 0.2) is 0 Å². The predicted octanol–water partition coefficient (Wildman–Crippen LogP) is 4.92. The molecular formula is C16H16Br2O2. The van der Waals surface area contributed by atoms with E-state index in [0.29, 0.717) is 0 Å². The minimum Gasteiger partial charge on any atom is -0.496 e. The summed E-state index contributed by atoms with van der Waals surface area (Å²) in [7, 11) is 1.66. The number of hydrogen-bond acceptors (Lipinski definition) is 2. The van der Waals surface area contributed by atoms with Gasteiger partial charge >= 0.3 is 0 Å². The Morgan fingerprint density at radius 3 is 2.35 bits per heavy atom. The van der Waals surface area contributed by atoms with Crippen LogP contribution in [-0.2, 0) is 0 Å². The number of hydrogen-bond donors (Lipinski definition) is 1. The van der Waals surface area contributed by atoms with E-state index in [1.165, 1.54) is 0 Å². The third kappa shape index (κ3) is 3.08. The van der Waals surface area contributed by atoms with Gasteiger partial charge in [-0.15, -0.1) is 0 Å². The molecular weight excluding hydrogens is 384 g/mol. The highest BCUT2D eigenvalue weighted by molar-refractivity contribution is 9.11. The van der Waals surface area contributed by atoms with Gasteiger partial charge in [0.1, 0.15) is 11.9 Å². The summed E-state index contributed by atoms with van der Waals surface area (Å²) in [6, 6.07) is 9.72. The molecule has 4 heteroatoms. The smallest absolute Gasteiger partial charge is 0.122 e. The average Bonchev–Trinajstić information content (AvgIpc) is 2.42. The number of aliphatic hydroxyl groups excluding tert-OH is 1. The molecule has 0 amide bonds. The van der Waals surface area contributed by atoms with Crippen molar-refractivity contribution < 1.29 is 9.84 Å². The molecule has 2 aromatic rings. The van der Waals surface area contributed by atoms with Gasteiger partial charge in [0, 0.05) is 14.5 Å². The topological polar surface area (TPSA) is 29.5 Å². The molecule has 0 saturated carbocycles. The highest BCUT2D eigenvalue weighted by Crippen LogP contribution is 2.34. The van der Waals surface area contributed by atoms with E-state index in [2.05, 4.69) is 31.9 Å². The molecule has 0 bridgehead atoms. The Morgan fingerprint density at radius 2 is 1.70 bits per heavy atom. The summed E-state index contributed by atoms with van der Waals surface area (Å²) in [6.45, 7) is 3.96. The van der Waals surface area contributed by atoms with Crippen molar-refractivity contribution in [3.8, 4) is 5.75 Å². The maximum Gasteiger partial charge on any atom is 0.122 e. The highest BCUT2D eigenvalue weighted by atomic mass is 79.9. The van der Waals surface area contributed by atoms with Crippen LogP contribution in [-0.4, -0.2) is 12.2 Å². The molecule has 0 saturated heterocycles. The molecule has 1 unspecified atom stereocenters. The summed E-state index contributed by atoms with van der Waals surface area (Å²) in [4.78, 5) is 0. The van der Waals surface area contributed by atoms with Gasteiger partial charge in [0.05, 0.1) is 7.11 Å². The van der Waals surface area contributed by atoms with E-state index < -0.39 is 6.10 Å². The van der Waals surface area contributed by atoms with Crippen molar-refractivity contribution in [2.45, 2.75) is 20.0 Å². The van der Waals surface area contributed by atoms with Gasteiger partial charge in [-0.05, 0) is 60.9 Å². The monoisotopic (exact) mass is 398 g/mol. The Labute approximate surface area is 136 Å². The predicted molar refractivity (Wildman–Crippen MR) is 88.4 cm³/mol. The fourth-order valence-corrected chi connectivity index (χ4v) is 3.06. The van der Waals surface area contributed by atoms with Crippen molar-refractivity contribution in [3.05, 3.63) is 61.5 Å². The Kier molecular flexibility index (Phi) is 4.89. The van der Waals surface area contributed by atoms with Crippen molar-refractivity contribution in [2.24, 2.45) is 0 Å². The number of benzene rings is 2. The van der Waals surface area contributed by atoms with E-state index in [1.54, 1.807) is 7.11 Å². The average molecular weight is 400 g/mol. The standard InChI is InChI=1S/C16H16Br2O2/c1-9-7-15(20-3)10(2)6-12(9)16(19)13-8-11(17)4-5-14(13)18/h4-8,16,19H,1-3H3. The normalized spacial score (nSPS) is 12.3. The molecule has 0 aliphatic carbocycles. The first kappa shape index (κ1) is 15.5. The lowest BCUT2D eigenvalue weighted by molar-refractivity contribution is 0.218. The van der Waals surface area contributed by atoms with E-state index in [1.807, 2.05) is 44.2 Å². The summed E-state index contributed by atoms with van der Waals surface area (Å²) < 4.78 is 7.14. The lowest BCUT2D eigenvalue weighted by Crippen LogP contribution is -2.04. The molecule has 0 heterocycles. The summed E-state index contributed by atoms with van der Waals surface area (Å²) in [5.41, 5.74) is 3.75. The molecule has 2 aromatic carbocycles. The van der Waals surface area contributed by atoms with Crippen LogP contribution in [0.4, 0.5) is 0 Å². The molecule has 0 aliphatic rings. The van der Waals surface area contributed by atoms with Crippen molar-refractivity contribution in [1.82, 2.24) is 0 Å². The Bertz CT molecular complexity index is 639. The zero-order valence-electron chi connectivity index (χ0n) is 11.6. The van der Waals surface area contributed by atoms with Gasteiger partial charge in [-0.25, -0.2) is 0 Å². The highest BCUT2D eigenvalue weighted by Gasteiger charge is 2.17. The molecule has 0 aliphatic heterocycles. The van der Waals surface area contributed by atoms with E-state index in [4.69, 9.17) is 4.74 Å². The number of methoxy groups -OCH3 is 1. The Morgan fingerprint density at radius 1 is 1.00 bits per heavy atom. The van der Waals surface area contributed by atoms with Crippen LogP contribution >= 0.6 is 31.9 Å². The van der Waals surface area contributed by atoms with E-state index in [-0.39, 0.29) is 0 Å². The first-order valence-corrected chi connectivity index (χ1v) is 7.80. The van der Waals surface area contributed by atoms with Crippen LogP contribution in [0.1, 0.15) is 28.4 Å². The van der Waals surface area contributed by atoms with Crippen LogP contribution in [0.5, 0.6) is 5.75 Å². The SMILES string of the molecule is COc1cc(C)c(C(O)c2cc(Br)ccc2Br)cc1C. The van der Waals surface area contributed by atoms with Gasteiger partial charge in [0.2, 0.25) is 0 Å². The Hall–Kier alpha value is -0.840. The van der Waals surface area contributed by atoms with E-state index in [0.717, 1.165) is 36.9 Å². The third-order valence-corrected chi connectivity index (χ3v) is 4.55. The minimum atomic E-state index is -0.675. The molecule has 20 heavy (non-hydrogen) atoms.